The lowest BCUT2D eigenvalue weighted by molar-refractivity contribution is -0.154. The minimum absolute atomic E-state index is 0.00631. The van der Waals surface area contributed by atoms with Gasteiger partial charge in [-0.1, -0.05) is 104 Å². The second kappa shape index (κ2) is 27.8. The van der Waals surface area contributed by atoms with Crippen LogP contribution in [-0.4, -0.2) is 123 Å². The van der Waals surface area contributed by atoms with Crippen molar-refractivity contribution in [3.8, 4) is 0 Å². The second-order valence-corrected chi connectivity index (χ2v) is 25.1. The number of ether oxygens (including phenoxy) is 2. The summed E-state index contributed by atoms with van der Waals surface area (Å²) in [6.07, 6.45) is 5.61. The van der Waals surface area contributed by atoms with Gasteiger partial charge in [-0.05, 0) is 94.8 Å². The van der Waals surface area contributed by atoms with E-state index in [0.29, 0.717) is 24.4 Å². The molecule has 8 atom stereocenters. The number of thioether (sulfide) groups is 1. The molecule has 0 aliphatic carbocycles. The molecule has 1 unspecified atom stereocenters. The topological polar surface area (TPSA) is 161 Å². The van der Waals surface area contributed by atoms with E-state index in [9.17, 15) is 28.8 Å². The molecule has 0 aliphatic rings. The highest BCUT2D eigenvalue weighted by atomic mass is 32.2. The lowest BCUT2D eigenvalue weighted by atomic mass is 9.90. The predicted octanol–water partition coefficient (Wildman–Crippen LogP) is 8.13. The van der Waals surface area contributed by atoms with E-state index in [1.807, 2.05) is 71.2 Å². The maximum absolute atomic E-state index is 14.1. The molecule has 0 radical (unpaired) electrons. The van der Waals surface area contributed by atoms with Gasteiger partial charge in [0.2, 0.25) is 17.7 Å². The van der Waals surface area contributed by atoms with E-state index in [1.54, 1.807) is 24.8 Å². The van der Waals surface area contributed by atoms with Crippen molar-refractivity contribution in [2.75, 3.05) is 32.8 Å². The largest absolute Gasteiger partial charge is 0.449 e. The third-order valence-corrected chi connectivity index (χ3v) is 17.5. The molecule has 0 heterocycles. The maximum Gasteiger partial charge on any atom is 0.334 e. The van der Waals surface area contributed by atoms with Gasteiger partial charge in [-0.15, -0.1) is 11.8 Å². The van der Waals surface area contributed by atoms with Crippen molar-refractivity contribution in [2.45, 2.75) is 170 Å². The lowest BCUT2D eigenvalue weighted by Gasteiger charge is -2.42. The normalized spacial score (nSPS) is 16.3. The monoisotopic (exact) mass is 945 g/mol. The van der Waals surface area contributed by atoms with Gasteiger partial charge >= 0.3 is 5.97 Å². The molecule has 13 nitrogen and oxygen atoms in total. The highest BCUT2D eigenvalue weighted by Gasteiger charge is 2.42. The number of hydrogen-bond acceptors (Lipinski definition) is 10. The summed E-state index contributed by atoms with van der Waals surface area (Å²) in [5, 5.41) is 5.50. The van der Waals surface area contributed by atoms with E-state index in [2.05, 4.69) is 64.4 Å². The van der Waals surface area contributed by atoms with Crippen molar-refractivity contribution in [3.63, 3.8) is 0 Å². The SMILES string of the molecule is C/C=C(\C)[C@@H](O[Si](C)(C)C(C)(C)C)[C@H](C)[C@H](C/C=C(\C)C(=O)O[C@H](CC(C)C)C(=O)N[C@@H](C)C(=O)N(C)[C@H](Cc1ccccc1)C(=O)N(C)CC(=O)N[C@H](C(C)=O)C(C)CC)OCSC. The quantitative estimate of drug-likeness (QED) is 0.0290. The summed E-state index contributed by atoms with van der Waals surface area (Å²) in [6.45, 7) is 29.2. The Hall–Kier alpha value is -3.79. The van der Waals surface area contributed by atoms with Crippen molar-refractivity contribution in [2.24, 2.45) is 17.8 Å². The summed E-state index contributed by atoms with van der Waals surface area (Å²) >= 11 is 1.57. The zero-order valence-corrected chi connectivity index (χ0v) is 44.8. The molecular formula is C50H84N4O9SSi. The summed E-state index contributed by atoms with van der Waals surface area (Å²) in [4.78, 5) is 83.5. The molecule has 0 bridgehead atoms. The van der Waals surface area contributed by atoms with Gasteiger partial charge in [0, 0.05) is 32.0 Å². The second-order valence-electron chi connectivity index (χ2n) is 19.6. The Kier molecular flexibility index (Phi) is 25.3. The number of allylic oxidation sites excluding steroid dienone is 1. The number of likely N-dealkylation sites (N-methyl/N-ethyl adjacent to an activating group) is 2. The van der Waals surface area contributed by atoms with Gasteiger partial charge in [0.15, 0.2) is 20.2 Å². The van der Waals surface area contributed by atoms with Gasteiger partial charge in [0.1, 0.15) is 12.1 Å². The zero-order valence-electron chi connectivity index (χ0n) is 43.0. The number of amides is 4. The van der Waals surface area contributed by atoms with Crippen molar-refractivity contribution >= 4 is 55.5 Å². The van der Waals surface area contributed by atoms with E-state index in [1.165, 1.54) is 37.7 Å². The zero-order chi connectivity index (χ0) is 50.0. The summed E-state index contributed by atoms with van der Waals surface area (Å²) < 4.78 is 19.2. The first kappa shape index (κ1) is 59.2. The predicted molar refractivity (Wildman–Crippen MR) is 266 cm³/mol. The summed E-state index contributed by atoms with van der Waals surface area (Å²) in [6, 6.07) is 6.34. The summed E-state index contributed by atoms with van der Waals surface area (Å²) in [7, 11) is 0.798. The third kappa shape index (κ3) is 19.2. The highest BCUT2D eigenvalue weighted by molar-refractivity contribution is 7.98. The fourth-order valence-electron chi connectivity index (χ4n) is 6.99. The molecule has 15 heteroatoms. The minimum Gasteiger partial charge on any atom is -0.449 e. The Balaban J connectivity index is 3.31. The maximum atomic E-state index is 14.1. The molecule has 0 fully saturated rings. The van der Waals surface area contributed by atoms with Crippen LogP contribution < -0.4 is 10.6 Å². The minimum atomic E-state index is -2.16. The highest BCUT2D eigenvalue weighted by Crippen LogP contribution is 2.40. The fourth-order valence-corrected chi connectivity index (χ4v) is 8.69. The Morgan fingerprint density at radius 1 is 0.908 bits per heavy atom. The Morgan fingerprint density at radius 3 is 2.02 bits per heavy atom. The number of hydrogen-bond donors (Lipinski definition) is 2. The van der Waals surface area contributed by atoms with Gasteiger partial charge in [0.05, 0.1) is 30.7 Å². The number of benzene rings is 1. The lowest BCUT2D eigenvalue weighted by Crippen LogP contribution is -2.56. The van der Waals surface area contributed by atoms with Gasteiger partial charge in [-0.2, -0.15) is 0 Å². The molecule has 368 valence electrons. The fraction of sp³-hybridized carbons (Fsp3) is 0.680. The molecule has 0 aromatic heterocycles. The van der Waals surface area contributed by atoms with E-state index >= 15 is 0 Å². The number of nitrogens with zero attached hydrogens (tertiary/aromatic N) is 2. The van der Waals surface area contributed by atoms with Crippen LogP contribution >= 0.6 is 11.8 Å². The standard InChI is InChI=1S/C50H84N4O9SSi/c1-19-33(5)44(38(10)55)52-43(56)30-53(14)48(59)40(29-39-24-22-21-23-25-39)54(15)47(58)37(9)51-46(57)42(28-32(3)4)62-49(60)35(7)26-27-41(61-31-64-16)36(8)45(34(6)20-2)63-65(17,18)50(11,12)13/h20-26,32-33,36-37,40-42,44-45H,19,27-31H2,1-18H3,(H,51,57)(H,52,56)/b34-20+,35-26+/t33?,36-,37+,40-,41+,42-,44+,45-/m1/s1. The van der Waals surface area contributed by atoms with Gasteiger partial charge in [-0.25, -0.2) is 4.79 Å². The average molecular weight is 945 g/mol. The van der Waals surface area contributed by atoms with Crippen LogP contribution in [0.1, 0.15) is 115 Å². The molecule has 1 rings (SSSR count). The molecule has 0 spiro atoms. The number of carbonyl (C=O) groups is 6. The van der Waals surface area contributed by atoms with Crippen LogP contribution in [0.25, 0.3) is 0 Å². The van der Waals surface area contributed by atoms with E-state index < -0.39 is 62.1 Å². The van der Waals surface area contributed by atoms with Crippen LogP contribution in [0.5, 0.6) is 0 Å². The Morgan fingerprint density at radius 2 is 1.51 bits per heavy atom. The van der Waals surface area contributed by atoms with Crippen molar-refractivity contribution in [1.82, 2.24) is 20.4 Å². The van der Waals surface area contributed by atoms with Crippen molar-refractivity contribution in [3.05, 3.63) is 59.2 Å². The summed E-state index contributed by atoms with van der Waals surface area (Å²) in [5.41, 5.74) is 2.22. The Bertz CT molecular complexity index is 1780. The van der Waals surface area contributed by atoms with Crippen LogP contribution in [-0.2, 0) is 49.1 Å². The van der Waals surface area contributed by atoms with Crippen molar-refractivity contribution < 1.29 is 42.7 Å². The third-order valence-electron chi connectivity index (χ3n) is 12.6. The average Bonchev–Trinajstić information content (AvgIpc) is 3.24. The van der Waals surface area contributed by atoms with E-state index in [4.69, 9.17) is 13.9 Å². The summed E-state index contributed by atoms with van der Waals surface area (Å²) in [5.74, 6) is -2.74. The molecule has 1 aromatic carbocycles. The molecule has 1 aromatic rings. The van der Waals surface area contributed by atoms with Crippen LogP contribution in [0.15, 0.2) is 53.6 Å². The first-order chi connectivity index (χ1) is 30.1. The molecule has 0 saturated heterocycles. The van der Waals surface area contributed by atoms with Crippen LogP contribution in [0.3, 0.4) is 0 Å². The van der Waals surface area contributed by atoms with Crippen LogP contribution in [0.4, 0.5) is 0 Å². The number of Topliss-reactive ketones (excluding diaryl/α,β-unsaturated/α-hetero) is 1. The molecule has 4 amide bonds. The molecule has 0 saturated carbocycles. The van der Waals surface area contributed by atoms with Gasteiger partial charge in [-0.3, -0.25) is 24.0 Å². The van der Waals surface area contributed by atoms with Crippen molar-refractivity contribution in [1.29, 1.82) is 0 Å². The molecule has 0 aliphatic heterocycles. The number of esters is 1. The smallest absolute Gasteiger partial charge is 0.334 e. The number of nitrogens with one attached hydrogen (secondary N) is 2. The number of rotatable bonds is 27. The van der Waals surface area contributed by atoms with Crippen LogP contribution in [0.2, 0.25) is 18.1 Å². The Labute approximate surface area is 397 Å². The molecule has 2 N–H and O–H groups in total. The first-order valence-corrected chi connectivity index (χ1v) is 27.4. The van der Waals surface area contributed by atoms with Gasteiger partial charge in [0.25, 0.3) is 5.91 Å². The van der Waals surface area contributed by atoms with E-state index in [-0.39, 0.29) is 60.2 Å². The van der Waals surface area contributed by atoms with Gasteiger partial charge < -0.3 is 34.3 Å². The molecular weight excluding hydrogens is 861 g/mol. The number of carbonyl (C=O) groups excluding carboxylic acids is 6. The van der Waals surface area contributed by atoms with Crippen LogP contribution in [0, 0.1) is 17.8 Å². The van der Waals surface area contributed by atoms with E-state index in [0.717, 1.165) is 11.1 Å². The number of ketones is 1. The first-order valence-electron chi connectivity index (χ1n) is 23.1. The molecule has 65 heavy (non-hydrogen) atoms.